The van der Waals surface area contributed by atoms with Gasteiger partial charge in [0.05, 0.1) is 23.5 Å². The van der Waals surface area contributed by atoms with Gasteiger partial charge in [0.1, 0.15) is 5.50 Å². The molecule has 1 aromatic carbocycles. The number of thioether (sulfide) groups is 1. The van der Waals surface area contributed by atoms with Crippen molar-refractivity contribution in [1.82, 2.24) is 16.2 Å². The molecule has 2 rings (SSSR count). The van der Waals surface area contributed by atoms with E-state index >= 15 is 0 Å². The zero-order valence-corrected chi connectivity index (χ0v) is 12.0. The van der Waals surface area contributed by atoms with E-state index in [1.807, 2.05) is 0 Å². The Morgan fingerprint density at radius 1 is 1.36 bits per heavy atom. The summed E-state index contributed by atoms with van der Waals surface area (Å²) >= 11 is 1.04. The van der Waals surface area contributed by atoms with Crippen LogP contribution >= 0.6 is 11.8 Å². The lowest BCUT2D eigenvalue weighted by Crippen LogP contribution is -2.58. The lowest BCUT2D eigenvalue weighted by Gasteiger charge is -2.24. The average Bonchev–Trinajstić information content (AvgIpc) is 2.45. The largest absolute Gasteiger partial charge is 0.418 e. The molecule has 1 aliphatic rings. The molecule has 22 heavy (non-hydrogen) atoms. The predicted molar refractivity (Wildman–Crippen MR) is 75.6 cm³/mol. The van der Waals surface area contributed by atoms with Gasteiger partial charge in [-0.3, -0.25) is 9.59 Å². The Morgan fingerprint density at radius 2 is 2.09 bits per heavy atom. The minimum absolute atomic E-state index is 0.113. The van der Waals surface area contributed by atoms with Gasteiger partial charge in [0.2, 0.25) is 11.8 Å². The van der Waals surface area contributed by atoms with Crippen LogP contribution in [0.15, 0.2) is 24.3 Å². The molecule has 2 amide bonds. The van der Waals surface area contributed by atoms with Crippen LogP contribution in [-0.2, 0) is 15.8 Å². The van der Waals surface area contributed by atoms with Gasteiger partial charge in [-0.1, -0.05) is 12.1 Å². The first-order chi connectivity index (χ1) is 10.4. The summed E-state index contributed by atoms with van der Waals surface area (Å²) in [6.45, 7) is 0.113. The molecule has 1 aliphatic heterocycles. The molecule has 0 radical (unpaired) electrons. The zero-order valence-electron chi connectivity index (χ0n) is 11.2. The third-order valence-corrected chi connectivity index (χ3v) is 3.66. The minimum atomic E-state index is -4.54. The van der Waals surface area contributed by atoms with Crippen LogP contribution in [0.4, 0.5) is 18.9 Å². The first-order valence-corrected chi connectivity index (χ1v) is 7.26. The van der Waals surface area contributed by atoms with Crippen molar-refractivity contribution in [3.05, 3.63) is 29.8 Å². The Balaban J connectivity index is 1.91. The fourth-order valence-corrected chi connectivity index (χ4v) is 2.50. The number of rotatable bonds is 4. The monoisotopic (exact) mass is 334 g/mol. The highest BCUT2D eigenvalue weighted by molar-refractivity contribution is 8.00. The standard InChI is InChI=1S/C12H13F3N4O2S/c13-12(14,15)7-3-1-2-4-8(7)17-10(21)6-22-11-18-9(20)5-16-19-11/h1-4,11,16,19H,5-6H2,(H,17,21)(H,18,20). The third kappa shape index (κ3) is 4.61. The molecule has 0 bridgehead atoms. The van der Waals surface area contributed by atoms with Crippen LogP contribution in [0.1, 0.15) is 5.56 Å². The second-order valence-electron chi connectivity index (χ2n) is 4.35. The molecule has 1 unspecified atom stereocenters. The normalized spacial score (nSPS) is 18.7. The Morgan fingerprint density at radius 3 is 2.77 bits per heavy atom. The summed E-state index contributed by atoms with van der Waals surface area (Å²) in [5, 5.41) is 4.79. The van der Waals surface area contributed by atoms with Crippen molar-refractivity contribution in [3.8, 4) is 0 Å². The number of amides is 2. The first-order valence-electron chi connectivity index (χ1n) is 6.21. The summed E-state index contributed by atoms with van der Waals surface area (Å²) in [5.41, 5.74) is 3.63. The summed E-state index contributed by atoms with van der Waals surface area (Å²) in [5.74, 6) is -0.950. The summed E-state index contributed by atoms with van der Waals surface area (Å²) in [7, 11) is 0. The Kier molecular flexibility index (Phi) is 5.27. The molecule has 6 nitrogen and oxygen atoms in total. The molecule has 10 heteroatoms. The molecule has 1 fully saturated rings. The topological polar surface area (TPSA) is 82.3 Å². The zero-order chi connectivity index (χ0) is 16.2. The maximum Gasteiger partial charge on any atom is 0.418 e. The van der Waals surface area contributed by atoms with Gasteiger partial charge in [-0.05, 0) is 12.1 Å². The van der Waals surface area contributed by atoms with E-state index in [2.05, 4.69) is 21.5 Å². The lowest BCUT2D eigenvalue weighted by molar-refractivity contribution is -0.137. The van der Waals surface area contributed by atoms with E-state index in [0.717, 1.165) is 17.8 Å². The van der Waals surface area contributed by atoms with Crippen molar-refractivity contribution < 1.29 is 22.8 Å². The van der Waals surface area contributed by atoms with Crippen LogP contribution in [0.25, 0.3) is 0 Å². The number of para-hydroxylation sites is 1. The fourth-order valence-electron chi connectivity index (χ4n) is 1.73. The van der Waals surface area contributed by atoms with Crippen molar-refractivity contribution in [3.63, 3.8) is 0 Å². The lowest BCUT2D eigenvalue weighted by atomic mass is 10.1. The van der Waals surface area contributed by atoms with E-state index in [1.165, 1.54) is 18.2 Å². The van der Waals surface area contributed by atoms with Crippen LogP contribution < -0.4 is 21.5 Å². The van der Waals surface area contributed by atoms with Gasteiger partial charge in [0.25, 0.3) is 0 Å². The average molecular weight is 334 g/mol. The van der Waals surface area contributed by atoms with Gasteiger partial charge in [-0.2, -0.15) is 13.2 Å². The highest BCUT2D eigenvalue weighted by atomic mass is 32.2. The summed E-state index contributed by atoms with van der Waals surface area (Å²) in [6, 6.07) is 4.74. The number of hydrazine groups is 1. The van der Waals surface area contributed by atoms with Crippen LogP contribution in [0.5, 0.6) is 0 Å². The number of nitrogens with one attached hydrogen (secondary N) is 4. The second kappa shape index (κ2) is 6.99. The maximum atomic E-state index is 12.8. The highest BCUT2D eigenvalue weighted by Crippen LogP contribution is 2.34. The molecule has 0 saturated carbocycles. The van der Waals surface area contributed by atoms with Gasteiger partial charge in [-0.25, -0.2) is 10.9 Å². The molecule has 1 aromatic rings. The van der Waals surface area contributed by atoms with Crippen molar-refractivity contribution in [2.75, 3.05) is 17.6 Å². The Labute approximate surface area is 128 Å². The van der Waals surface area contributed by atoms with Crippen LogP contribution in [-0.4, -0.2) is 29.6 Å². The molecule has 4 N–H and O–H groups in total. The van der Waals surface area contributed by atoms with Crippen LogP contribution in [0.3, 0.4) is 0 Å². The molecule has 1 saturated heterocycles. The Bertz CT molecular complexity index is 568. The summed E-state index contributed by atoms with van der Waals surface area (Å²) in [6.07, 6.45) is -4.54. The van der Waals surface area contributed by atoms with E-state index in [1.54, 1.807) is 0 Å². The number of hydrogen-bond acceptors (Lipinski definition) is 5. The number of alkyl halides is 3. The molecule has 0 spiro atoms. The van der Waals surface area contributed by atoms with Gasteiger partial charge < -0.3 is 10.6 Å². The van der Waals surface area contributed by atoms with E-state index in [9.17, 15) is 22.8 Å². The fraction of sp³-hybridized carbons (Fsp3) is 0.333. The first kappa shape index (κ1) is 16.6. The molecule has 1 heterocycles. The van der Waals surface area contributed by atoms with Gasteiger partial charge in [0.15, 0.2) is 0 Å². The maximum absolute atomic E-state index is 12.8. The number of hydrogen-bond donors (Lipinski definition) is 4. The summed E-state index contributed by atoms with van der Waals surface area (Å²) < 4.78 is 38.4. The molecule has 0 aromatic heterocycles. The number of halogens is 3. The van der Waals surface area contributed by atoms with Crippen LogP contribution in [0.2, 0.25) is 0 Å². The number of carbonyl (C=O) groups is 2. The van der Waals surface area contributed by atoms with Gasteiger partial charge in [-0.15, -0.1) is 11.8 Å². The van der Waals surface area contributed by atoms with Crippen molar-refractivity contribution >= 4 is 29.3 Å². The third-order valence-electron chi connectivity index (χ3n) is 2.66. The van der Waals surface area contributed by atoms with Gasteiger partial charge in [0, 0.05) is 0 Å². The molecule has 120 valence electrons. The molecular weight excluding hydrogens is 321 g/mol. The van der Waals surface area contributed by atoms with E-state index in [0.29, 0.717) is 0 Å². The molecule has 0 aliphatic carbocycles. The minimum Gasteiger partial charge on any atom is -0.330 e. The quantitative estimate of drug-likeness (QED) is 0.657. The van der Waals surface area contributed by atoms with E-state index in [-0.39, 0.29) is 23.9 Å². The van der Waals surface area contributed by atoms with Crippen molar-refractivity contribution in [2.45, 2.75) is 11.7 Å². The van der Waals surface area contributed by atoms with E-state index in [4.69, 9.17) is 0 Å². The highest BCUT2D eigenvalue weighted by Gasteiger charge is 2.33. The summed E-state index contributed by atoms with van der Waals surface area (Å²) in [4.78, 5) is 22.9. The van der Waals surface area contributed by atoms with Crippen molar-refractivity contribution in [1.29, 1.82) is 0 Å². The molecule has 1 atom stereocenters. The second-order valence-corrected chi connectivity index (χ2v) is 5.44. The number of anilines is 1. The smallest absolute Gasteiger partial charge is 0.330 e. The van der Waals surface area contributed by atoms with Crippen LogP contribution in [0, 0.1) is 0 Å². The molecular formula is C12H13F3N4O2S. The van der Waals surface area contributed by atoms with E-state index < -0.39 is 23.1 Å². The van der Waals surface area contributed by atoms with Crippen molar-refractivity contribution in [2.24, 2.45) is 0 Å². The predicted octanol–water partition coefficient (Wildman–Crippen LogP) is 0.885. The number of carbonyl (C=O) groups excluding carboxylic acids is 2. The Hall–Kier alpha value is -1.78. The number of benzene rings is 1. The SMILES string of the molecule is O=C(CSC1NNCC(=O)N1)Nc1ccccc1C(F)(F)F. The van der Waals surface area contributed by atoms with Gasteiger partial charge >= 0.3 is 6.18 Å².